The van der Waals surface area contributed by atoms with Gasteiger partial charge in [0.1, 0.15) is 0 Å². The number of rotatable bonds is 6. The van der Waals surface area contributed by atoms with E-state index in [9.17, 15) is 0 Å². The van der Waals surface area contributed by atoms with Gasteiger partial charge >= 0.3 is 0 Å². The van der Waals surface area contributed by atoms with E-state index < -0.39 is 0 Å². The van der Waals surface area contributed by atoms with Crippen molar-refractivity contribution in [2.75, 3.05) is 7.05 Å². The monoisotopic (exact) mass is 185 g/mol. The summed E-state index contributed by atoms with van der Waals surface area (Å²) in [5, 5.41) is 3.48. The van der Waals surface area contributed by atoms with Gasteiger partial charge in [0.15, 0.2) is 0 Å². The third kappa shape index (κ3) is 4.12. The summed E-state index contributed by atoms with van der Waals surface area (Å²) in [5.41, 5.74) is 0.332. The van der Waals surface area contributed by atoms with Gasteiger partial charge in [0.05, 0.1) is 0 Å². The van der Waals surface area contributed by atoms with Crippen molar-refractivity contribution in [3.8, 4) is 0 Å². The van der Waals surface area contributed by atoms with E-state index >= 15 is 0 Å². The van der Waals surface area contributed by atoms with E-state index in [1.807, 2.05) is 0 Å². The van der Waals surface area contributed by atoms with Crippen LogP contribution in [0.5, 0.6) is 0 Å². The maximum atomic E-state index is 3.48. The molecule has 0 fully saturated rings. The highest BCUT2D eigenvalue weighted by molar-refractivity contribution is 4.86. The third-order valence-electron chi connectivity index (χ3n) is 3.25. The van der Waals surface area contributed by atoms with Crippen LogP contribution in [0.15, 0.2) is 0 Å². The number of hydrogen-bond donors (Lipinski definition) is 1. The van der Waals surface area contributed by atoms with Crippen LogP contribution in [0.3, 0.4) is 0 Å². The SMILES string of the molecule is CCCC(C)(NC)C(C)CC(C)C. The van der Waals surface area contributed by atoms with Gasteiger partial charge in [-0.1, -0.05) is 34.1 Å². The normalized spacial score (nSPS) is 18.7. The molecule has 1 N–H and O–H groups in total. The first-order chi connectivity index (χ1) is 5.96. The molecule has 80 valence electrons. The maximum absolute atomic E-state index is 3.48. The van der Waals surface area contributed by atoms with Crippen molar-refractivity contribution in [1.82, 2.24) is 5.32 Å². The van der Waals surface area contributed by atoms with E-state index in [-0.39, 0.29) is 0 Å². The molecule has 0 amide bonds. The molecule has 1 heteroatoms. The smallest absolute Gasteiger partial charge is 0.0175 e. The second-order valence-corrected chi connectivity index (χ2v) is 4.95. The van der Waals surface area contributed by atoms with Gasteiger partial charge in [-0.25, -0.2) is 0 Å². The molecule has 0 aromatic heterocycles. The van der Waals surface area contributed by atoms with Crippen molar-refractivity contribution in [1.29, 1.82) is 0 Å². The first kappa shape index (κ1) is 13.0. The second kappa shape index (κ2) is 5.64. The Labute approximate surface area is 84.3 Å². The Balaban J connectivity index is 4.19. The van der Waals surface area contributed by atoms with Crippen molar-refractivity contribution in [2.45, 2.75) is 59.4 Å². The van der Waals surface area contributed by atoms with Gasteiger partial charge in [-0.05, 0) is 38.6 Å². The average Bonchev–Trinajstić information content (AvgIpc) is 2.03. The van der Waals surface area contributed by atoms with Crippen LogP contribution in [-0.2, 0) is 0 Å². The predicted octanol–water partition coefficient (Wildman–Crippen LogP) is 3.45. The van der Waals surface area contributed by atoms with E-state index in [2.05, 4.69) is 47.0 Å². The molecule has 0 radical (unpaired) electrons. The zero-order valence-electron chi connectivity index (χ0n) is 10.3. The molecule has 2 unspecified atom stereocenters. The molecule has 0 aromatic rings. The maximum Gasteiger partial charge on any atom is 0.0175 e. The Morgan fingerprint density at radius 2 is 1.77 bits per heavy atom. The highest BCUT2D eigenvalue weighted by atomic mass is 14.9. The molecule has 13 heavy (non-hydrogen) atoms. The average molecular weight is 185 g/mol. The van der Waals surface area contributed by atoms with Crippen LogP contribution in [0.2, 0.25) is 0 Å². The van der Waals surface area contributed by atoms with E-state index in [4.69, 9.17) is 0 Å². The first-order valence-electron chi connectivity index (χ1n) is 5.65. The molecule has 0 bridgehead atoms. The van der Waals surface area contributed by atoms with Crippen LogP contribution in [0.25, 0.3) is 0 Å². The Kier molecular flexibility index (Phi) is 5.62. The largest absolute Gasteiger partial charge is 0.314 e. The van der Waals surface area contributed by atoms with Crippen molar-refractivity contribution < 1.29 is 0 Å². The standard InChI is InChI=1S/C12H27N/c1-7-8-12(5,13-6)11(4)9-10(2)3/h10-11,13H,7-9H2,1-6H3. The van der Waals surface area contributed by atoms with Crippen molar-refractivity contribution in [3.05, 3.63) is 0 Å². The molecule has 2 atom stereocenters. The molecule has 0 aliphatic rings. The second-order valence-electron chi connectivity index (χ2n) is 4.95. The van der Waals surface area contributed by atoms with Crippen LogP contribution >= 0.6 is 0 Å². The topological polar surface area (TPSA) is 12.0 Å². The fraction of sp³-hybridized carbons (Fsp3) is 1.00. The van der Waals surface area contributed by atoms with Crippen molar-refractivity contribution >= 4 is 0 Å². The summed E-state index contributed by atoms with van der Waals surface area (Å²) >= 11 is 0. The lowest BCUT2D eigenvalue weighted by Crippen LogP contribution is -2.46. The van der Waals surface area contributed by atoms with Gasteiger partial charge in [-0.3, -0.25) is 0 Å². The van der Waals surface area contributed by atoms with Gasteiger partial charge in [0, 0.05) is 5.54 Å². The summed E-state index contributed by atoms with van der Waals surface area (Å²) in [6, 6.07) is 0. The fourth-order valence-electron chi connectivity index (χ4n) is 2.10. The Morgan fingerprint density at radius 1 is 1.23 bits per heavy atom. The van der Waals surface area contributed by atoms with E-state index in [0.29, 0.717) is 5.54 Å². The van der Waals surface area contributed by atoms with Gasteiger partial charge in [0.2, 0.25) is 0 Å². The third-order valence-corrected chi connectivity index (χ3v) is 3.25. The minimum Gasteiger partial charge on any atom is -0.314 e. The Hall–Kier alpha value is -0.0400. The van der Waals surface area contributed by atoms with Gasteiger partial charge in [-0.2, -0.15) is 0 Å². The summed E-state index contributed by atoms with van der Waals surface area (Å²) < 4.78 is 0. The predicted molar refractivity (Wildman–Crippen MR) is 61.0 cm³/mol. The fourth-order valence-corrected chi connectivity index (χ4v) is 2.10. The summed E-state index contributed by atoms with van der Waals surface area (Å²) in [6.07, 6.45) is 3.86. The van der Waals surface area contributed by atoms with Gasteiger partial charge in [0.25, 0.3) is 0 Å². The minimum absolute atomic E-state index is 0.332. The van der Waals surface area contributed by atoms with Gasteiger partial charge < -0.3 is 5.32 Å². The molecule has 0 heterocycles. The molecule has 0 aliphatic carbocycles. The lowest BCUT2D eigenvalue weighted by Gasteiger charge is -2.36. The lowest BCUT2D eigenvalue weighted by atomic mass is 9.79. The lowest BCUT2D eigenvalue weighted by molar-refractivity contribution is 0.212. The molecule has 0 aliphatic heterocycles. The number of hydrogen-bond acceptors (Lipinski definition) is 1. The molecule has 0 spiro atoms. The molecule has 0 aromatic carbocycles. The zero-order chi connectivity index (χ0) is 10.5. The van der Waals surface area contributed by atoms with Crippen LogP contribution in [-0.4, -0.2) is 12.6 Å². The van der Waals surface area contributed by atoms with E-state index in [1.54, 1.807) is 0 Å². The highest BCUT2D eigenvalue weighted by Crippen LogP contribution is 2.27. The molecule has 0 saturated heterocycles. The van der Waals surface area contributed by atoms with Crippen molar-refractivity contribution in [2.24, 2.45) is 11.8 Å². The molecule has 0 saturated carbocycles. The van der Waals surface area contributed by atoms with Crippen LogP contribution < -0.4 is 5.32 Å². The summed E-state index contributed by atoms with van der Waals surface area (Å²) in [6.45, 7) is 11.6. The summed E-state index contributed by atoms with van der Waals surface area (Å²) in [4.78, 5) is 0. The summed E-state index contributed by atoms with van der Waals surface area (Å²) in [7, 11) is 2.09. The van der Waals surface area contributed by atoms with Gasteiger partial charge in [-0.15, -0.1) is 0 Å². The summed E-state index contributed by atoms with van der Waals surface area (Å²) in [5.74, 6) is 1.57. The minimum atomic E-state index is 0.332. The number of nitrogens with one attached hydrogen (secondary N) is 1. The molecular weight excluding hydrogens is 158 g/mol. The Morgan fingerprint density at radius 3 is 2.08 bits per heavy atom. The first-order valence-corrected chi connectivity index (χ1v) is 5.65. The highest BCUT2D eigenvalue weighted by Gasteiger charge is 2.28. The van der Waals surface area contributed by atoms with Crippen LogP contribution in [0.4, 0.5) is 0 Å². The molecule has 0 rings (SSSR count). The quantitative estimate of drug-likeness (QED) is 0.668. The molecular formula is C12H27N. The molecule has 1 nitrogen and oxygen atoms in total. The van der Waals surface area contributed by atoms with E-state index in [1.165, 1.54) is 19.3 Å². The van der Waals surface area contributed by atoms with Crippen LogP contribution in [0.1, 0.15) is 53.9 Å². The zero-order valence-corrected chi connectivity index (χ0v) is 10.3. The Bertz CT molecular complexity index is 131. The van der Waals surface area contributed by atoms with Crippen molar-refractivity contribution in [3.63, 3.8) is 0 Å². The van der Waals surface area contributed by atoms with Crippen LogP contribution in [0, 0.1) is 11.8 Å². The van der Waals surface area contributed by atoms with E-state index in [0.717, 1.165) is 11.8 Å².